The summed E-state index contributed by atoms with van der Waals surface area (Å²) in [5.41, 5.74) is 2.61. The van der Waals surface area contributed by atoms with Gasteiger partial charge in [0, 0.05) is 42.6 Å². The van der Waals surface area contributed by atoms with E-state index in [9.17, 15) is 18.0 Å². The number of amides is 1. The average Bonchev–Trinajstić information content (AvgIpc) is 3.60. The molecule has 2 aromatic heterocycles. The Labute approximate surface area is 223 Å². The number of carbonyl (C=O) groups is 2. The number of aliphatic carboxylic acids is 1. The number of nitrogens with one attached hydrogen (secondary N) is 1. The molecule has 12 heteroatoms. The number of carbonyl (C=O) groups excluding carboxylic acids is 1. The summed E-state index contributed by atoms with van der Waals surface area (Å²) in [4.78, 5) is 24.5. The Morgan fingerprint density at radius 1 is 1.13 bits per heavy atom. The molecule has 2 unspecified atom stereocenters. The molecule has 1 saturated carbocycles. The van der Waals surface area contributed by atoms with E-state index in [1.54, 1.807) is 6.26 Å². The van der Waals surface area contributed by atoms with Crippen molar-refractivity contribution < 1.29 is 32.3 Å². The van der Waals surface area contributed by atoms with Crippen molar-refractivity contribution in [1.29, 1.82) is 0 Å². The quantitative estimate of drug-likeness (QED) is 0.499. The first-order valence-corrected chi connectivity index (χ1v) is 13.0. The minimum Gasteiger partial charge on any atom is -0.475 e. The number of halogens is 3. The molecule has 208 valence electrons. The molecule has 0 spiro atoms. The molecule has 2 atom stereocenters. The van der Waals surface area contributed by atoms with Crippen molar-refractivity contribution in [3.63, 3.8) is 0 Å². The van der Waals surface area contributed by atoms with Crippen molar-refractivity contribution in [3.8, 4) is 0 Å². The van der Waals surface area contributed by atoms with Crippen LogP contribution in [0.15, 0.2) is 53.3 Å². The van der Waals surface area contributed by atoms with Crippen LogP contribution in [0.3, 0.4) is 0 Å². The first-order valence-electron chi connectivity index (χ1n) is 13.0. The van der Waals surface area contributed by atoms with Crippen LogP contribution >= 0.6 is 0 Å². The van der Waals surface area contributed by atoms with Gasteiger partial charge < -0.3 is 19.4 Å². The lowest BCUT2D eigenvalue weighted by Crippen LogP contribution is -2.45. The zero-order chi connectivity index (χ0) is 27.6. The molecular formula is C27H30F3N5O4. The fourth-order valence-corrected chi connectivity index (χ4v) is 5.84. The molecule has 9 nitrogen and oxygen atoms in total. The van der Waals surface area contributed by atoms with Crippen molar-refractivity contribution in [1.82, 2.24) is 25.0 Å². The zero-order valence-electron chi connectivity index (χ0n) is 21.2. The maximum Gasteiger partial charge on any atom is 0.490 e. The number of carboxylic acids is 1. The van der Waals surface area contributed by atoms with Gasteiger partial charge in [0.15, 0.2) is 0 Å². The number of benzene rings is 1. The van der Waals surface area contributed by atoms with E-state index in [1.165, 1.54) is 17.5 Å². The smallest absolute Gasteiger partial charge is 0.475 e. The van der Waals surface area contributed by atoms with Gasteiger partial charge >= 0.3 is 12.1 Å². The summed E-state index contributed by atoms with van der Waals surface area (Å²) >= 11 is 0. The van der Waals surface area contributed by atoms with Crippen molar-refractivity contribution >= 4 is 11.9 Å². The van der Waals surface area contributed by atoms with Crippen molar-refractivity contribution in [3.05, 3.63) is 71.7 Å². The van der Waals surface area contributed by atoms with Crippen LogP contribution in [0.5, 0.6) is 0 Å². The van der Waals surface area contributed by atoms with Crippen molar-refractivity contribution in [2.45, 2.75) is 75.3 Å². The Hall–Kier alpha value is -3.67. The lowest BCUT2D eigenvalue weighted by atomic mass is 9.71. The van der Waals surface area contributed by atoms with E-state index in [0.717, 1.165) is 57.6 Å². The average molecular weight is 546 g/mol. The van der Waals surface area contributed by atoms with E-state index in [0.29, 0.717) is 5.82 Å². The van der Waals surface area contributed by atoms with Gasteiger partial charge in [0.2, 0.25) is 5.82 Å². The second-order valence-corrected chi connectivity index (χ2v) is 10.3. The molecule has 6 rings (SSSR count). The highest BCUT2D eigenvalue weighted by Gasteiger charge is 2.50. The number of aryl methyl sites for hydroxylation is 1. The van der Waals surface area contributed by atoms with Gasteiger partial charge in [-0.2, -0.15) is 13.2 Å². The SMILES string of the molecule is O=C(NC1CCC1)c1nnc2n1CC1N(Cc3ccoc3)CCC1(c1ccccc1)CC2.O=C(O)C(F)(F)F. The minimum atomic E-state index is -5.08. The van der Waals surface area contributed by atoms with Gasteiger partial charge in [0.1, 0.15) is 5.82 Å². The summed E-state index contributed by atoms with van der Waals surface area (Å²) in [5.74, 6) is -1.45. The third-order valence-electron chi connectivity index (χ3n) is 8.10. The monoisotopic (exact) mass is 545 g/mol. The minimum absolute atomic E-state index is 0.0351. The molecule has 39 heavy (non-hydrogen) atoms. The van der Waals surface area contributed by atoms with Crippen molar-refractivity contribution in [2.75, 3.05) is 6.54 Å². The first-order chi connectivity index (χ1) is 18.7. The number of furan rings is 1. The number of aromatic nitrogens is 3. The van der Waals surface area contributed by atoms with Crippen LogP contribution in [0.1, 0.15) is 59.7 Å². The lowest BCUT2D eigenvalue weighted by molar-refractivity contribution is -0.192. The number of alkyl halides is 3. The molecule has 1 aromatic carbocycles. The third kappa shape index (κ3) is 5.56. The Morgan fingerprint density at radius 2 is 1.87 bits per heavy atom. The fraction of sp³-hybridized carbons (Fsp3) is 0.481. The van der Waals surface area contributed by atoms with Crippen LogP contribution in [0.2, 0.25) is 0 Å². The Kier molecular flexibility index (Phi) is 7.48. The maximum atomic E-state index is 13.0. The number of hydrogen-bond donors (Lipinski definition) is 2. The summed E-state index contributed by atoms with van der Waals surface area (Å²) in [5, 5.41) is 19.1. The standard InChI is InChI=1S/C25H29N5O2.C2HF3O2/c31-24(26-20-7-4-8-20)23-28-27-22-9-11-25(19-5-2-1-3-6-19)12-13-29(21(25)16-30(22)23)15-18-10-14-32-17-18;3-2(4,5)1(6)7/h1-3,5-6,10,14,17,20-21H,4,7-9,11-13,15-16H2,(H,26,31);(H,6,7). The summed E-state index contributed by atoms with van der Waals surface area (Å²) in [7, 11) is 0. The number of nitrogens with zero attached hydrogens (tertiary/aromatic N) is 4. The largest absolute Gasteiger partial charge is 0.490 e. The second kappa shape index (κ2) is 10.8. The van der Waals surface area contributed by atoms with Gasteiger partial charge in [-0.3, -0.25) is 9.69 Å². The van der Waals surface area contributed by atoms with Crippen LogP contribution in [-0.4, -0.2) is 61.5 Å². The van der Waals surface area contributed by atoms with Crippen molar-refractivity contribution in [2.24, 2.45) is 0 Å². The van der Waals surface area contributed by atoms with E-state index < -0.39 is 12.1 Å². The molecule has 0 radical (unpaired) electrons. The number of hydrogen-bond acceptors (Lipinski definition) is 6. The summed E-state index contributed by atoms with van der Waals surface area (Å²) < 4.78 is 39.2. The summed E-state index contributed by atoms with van der Waals surface area (Å²) in [6.45, 7) is 2.59. The molecule has 2 N–H and O–H groups in total. The van der Waals surface area contributed by atoms with Gasteiger partial charge in [-0.05, 0) is 50.3 Å². The Morgan fingerprint density at radius 3 is 2.49 bits per heavy atom. The number of carboxylic acid groups (broad SMARTS) is 1. The molecule has 4 heterocycles. The molecule has 2 fully saturated rings. The highest BCUT2D eigenvalue weighted by Crippen LogP contribution is 2.46. The van der Waals surface area contributed by atoms with E-state index >= 15 is 0 Å². The van der Waals surface area contributed by atoms with E-state index in [4.69, 9.17) is 14.3 Å². The number of rotatable bonds is 5. The van der Waals surface area contributed by atoms with Crippen LogP contribution in [0.25, 0.3) is 0 Å². The second-order valence-electron chi connectivity index (χ2n) is 10.3. The summed E-state index contributed by atoms with van der Waals surface area (Å²) in [6, 6.07) is 13.5. The van der Waals surface area contributed by atoms with Gasteiger partial charge in [-0.25, -0.2) is 4.79 Å². The fourth-order valence-electron chi connectivity index (χ4n) is 5.84. The van der Waals surface area contributed by atoms with E-state index in [2.05, 4.69) is 55.3 Å². The molecular weight excluding hydrogens is 515 g/mol. The first kappa shape index (κ1) is 26.9. The van der Waals surface area contributed by atoms with E-state index in [1.807, 2.05) is 12.3 Å². The molecule has 1 saturated heterocycles. The Bertz CT molecular complexity index is 1290. The highest BCUT2D eigenvalue weighted by molar-refractivity contribution is 5.91. The molecule has 1 aliphatic carbocycles. The highest BCUT2D eigenvalue weighted by atomic mass is 19.4. The maximum absolute atomic E-state index is 13.0. The van der Waals surface area contributed by atoms with Gasteiger partial charge in [-0.1, -0.05) is 30.3 Å². The zero-order valence-corrected chi connectivity index (χ0v) is 21.2. The molecule has 3 aromatic rings. The predicted octanol–water partition coefficient (Wildman–Crippen LogP) is 3.95. The van der Waals surface area contributed by atoms with Crippen LogP contribution in [0, 0.1) is 0 Å². The van der Waals surface area contributed by atoms with Gasteiger partial charge in [0.25, 0.3) is 5.91 Å². The molecule has 2 aliphatic heterocycles. The number of fused-ring (bicyclic) bond motifs is 2. The topological polar surface area (TPSA) is 113 Å². The molecule has 1 amide bonds. The predicted molar refractivity (Wildman–Crippen MR) is 133 cm³/mol. The lowest BCUT2D eigenvalue weighted by Gasteiger charge is -2.37. The third-order valence-corrected chi connectivity index (χ3v) is 8.10. The Balaban J connectivity index is 0.000000392. The van der Waals surface area contributed by atoms with Crippen LogP contribution < -0.4 is 5.32 Å². The number of likely N-dealkylation sites (tertiary alicyclic amines) is 1. The summed E-state index contributed by atoms with van der Waals surface area (Å²) in [6.07, 6.45) is 4.73. The molecule has 3 aliphatic rings. The van der Waals surface area contributed by atoms with E-state index in [-0.39, 0.29) is 23.4 Å². The van der Waals surface area contributed by atoms with Gasteiger partial charge in [0.05, 0.1) is 12.5 Å². The molecule has 0 bridgehead atoms. The van der Waals surface area contributed by atoms with Crippen LogP contribution in [0.4, 0.5) is 13.2 Å². The van der Waals surface area contributed by atoms with Crippen LogP contribution in [-0.2, 0) is 29.7 Å². The normalized spacial score (nSPS) is 23.0. The van der Waals surface area contributed by atoms with Gasteiger partial charge in [-0.15, -0.1) is 10.2 Å².